The molecule has 2 atom stereocenters. The van der Waals surface area contributed by atoms with Crippen LogP contribution in [0.25, 0.3) is 22.3 Å². The second-order valence-corrected chi connectivity index (χ2v) is 18.6. The second-order valence-electron chi connectivity index (χ2n) is 12.1. The third-order valence-corrected chi connectivity index (χ3v) is 9.12. The summed E-state index contributed by atoms with van der Waals surface area (Å²) in [6.45, 7) is 1.04. The normalized spacial score (nSPS) is 20.5. The summed E-state index contributed by atoms with van der Waals surface area (Å²) in [6, 6.07) is 8.28. The van der Waals surface area contributed by atoms with Crippen molar-refractivity contribution in [1.29, 1.82) is 0 Å². The number of phenols is 1. The molecular weight excluding hydrogens is 847 g/mol. The van der Waals surface area contributed by atoms with Gasteiger partial charge in [0.2, 0.25) is 0 Å². The summed E-state index contributed by atoms with van der Waals surface area (Å²) in [5.74, 6) is 1.26. The highest BCUT2D eigenvalue weighted by atomic mass is 79.9. The first-order chi connectivity index (χ1) is 23.6. The maximum Gasteiger partial charge on any atom is 0.369 e. The lowest BCUT2D eigenvalue weighted by Crippen LogP contribution is -2.36. The van der Waals surface area contributed by atoms with E-state index < -0.39 is 0 Å². The summed E-state index contributed by atoms with van der Waals surface area (Å²) < 4.78 is 16.6. The van der Waals surface area contributed by atoms with Crippen molar-refractivity contribution in [3.63, 3.8) is 0 Å². The van der Waals surface area contributed by atoms with Crippen LogP contribution in [-0.4, -0.2) is 71.7 Å². The van der Waals surface area contributed by atoms with Crippen LogP contribution in [0.5, 0.6) is 11.5 Å². The monoisotopic (exact) mass is 886 g/mol. The van der Waals surface area contributed by atoms with E-state index in [1.165, 1.54) is 23.8 Å². The maximum atomic E-state index is 10.2. The highest BCUT2D eigenvalue weighted by Gasteiger charge is 2.42. The number of ether oxygens (including phenoxy) is 3. The van der Waals surface area contributed by atoms with Crippen molar-refractivity contribution in [3.8, 4) is 33.8 Å². The predicted octanol–water partition coefficient (Wildman–Crippen LogP) is 6.57. The molecule has 8 rings (SSSR count). The number of nitrogens with zero attached hydrogens (tertiary/aromatic N) is 6. The minimum absolute atomic E-state index is 0. The van der Waals surface area contributed by atoms with Crippen LogP contribution in [0.15, 0.2) is 71.7 Å². The van der Waals surface area contributed by atoms with Crippen molar-refractivity contribution in [2.75, 3.05) is 20.3 Å². The van der Waals surface area contributed by atoms with Gasteiger partial charge in [-0.15, -0.1) is 47.3 Å². The highest BCUT2D eigenvalue weighted by Crippen LogP contribution is 2.43. The van der Waals surface area contributed by atoms with E-state index in [4.69, 9.17) is 25.7 Å². The fourth-order valence-electron chi connectivity index (χ4n) is 6.92. The molecule has 4 heterocycles. The summed E-state index contributed by atoms with van der Waals surface area (Å²) in [5.41, 5.74) is 19.5. The number of phenolic OH excluding ortho intramolecular Hbond substituents is 1. The van der Waals surface area contributed by atoms with Crippen LogP contribution in [0, 0.1) is 0 Å². The highest BCUT2D eigenvalue weighted by molar-refractivity contribution is 9.69. The van der Waals surface area contributed by atoms with Crippen LogP contribution < -0.4 is 16.2 Å². The zero-order valence-electron chi connectivity index (χ0n) is 26.7. The lowest BCUT2D eigenvalue weighted by atomic mass is 9.76. The molecule has 5 N–H and O–H groups in total. The SMILES string of the molecule is BrB(Br)Br.C.C.COc1ccc(-c2cncnc2)c2c1CCC1(COC(N)=N1)C2.NC1=NC2(CCc3c(O)ccc(-c4cncnc4)c3C2)CO1. The number of benzene rings is 2. The number of methoxy groups -OCH3 is 1. The van der Waals surface area contributed by atoms with Crippen molar-refractivity contribution < 1.29 is 19.3 Å². The number of rotatable bonds is 3. The van der Waals surface area contributed by atoms with Gasteiger partial charge in [0.1, 0.15) is 48.4 Å². The van der Waals surface area contributed by atoms with E-state index in [1.807, 2.05) is 24.5 Å². The van der Waals surface area contributed by atoms with Crippen molar-refractivity contribution in [2.24, 2.45) is 21.5 Å². The van der Waals surface area contributed by atoms with Gasteiger partial charge in [-0.25, -0.2) is 29.9 Å². The quantitative estimate of drug-likeness (QED) is 0.191. The van der Waals surface area contributed by atoms with Crippen LogP contribution in [0.3, 0.4) is 0 Å². The van der Waals surface area contributed by atoms with E-state index in [-0.39, 0.29) is 35.1 Å². The van der Waals surface area contributed by atoms with Crippen molar-refractivity contribution >= 4 is 62.5 Å². The van der Waals surface area contributed by atoms with Gasteiger partial charge in [0.25, 0.3) is 12.0 Å². The lowest BCUT2D eigenvalue weighted by Gasteiger charge is -2.32. The van der Waals surface area contributed by atoms with E-state index in [0.29, 0.717) is 31.4 Å². The molecule has 4 aromatic rings. The Labute approximate surface area is 324 Å². The third-order valence-electron chi connectivity index (χ3n) is 9.12. The van der Waals surface area contributed by atoms with Crippen LogP contribution in [0.4, 0.5) is 0 Å². The summed E-state index contributed by atoms with van der Waals surface area (Å²) in [5, 5.41) is 10.2. The van der Waals surface area contributed by atoms with Gasteiger partial charge in [0.15, 0.2) is 0 Å². The number of amidine groups is 2. The van der Waals surface area contributed by atoms with Crippen LogP contribution in [0.1, 0.15) is 49.9 Å². The van der Waals surface area contributed by atoms with Gasteiger partial charge in [-0.2, -0.15) is 0 Å². The molecule has 0 bridgehead atoms. The number of hydrogen-bond donors (Lipinski definition) is 3. The largest absolute Gasteiger partial charge is 0.508 e. The Hall–Kier alpha value is -3.76. The van der Waals surface area contributed by atoms with Gasteiger partial charge in [-0.05, 0) is 71.2 Å². The van der Waals surface area contributed by atoms with Gasteiger partial charge >= 0.3 is 3.18 Å². The molecule has 2 aliphatic carbocycles. The maximum absolute atomic E-state index is 10.2. The minimum atomic E-state index is -0.310. The Bertz CT molecular complexity index is 1870. The van der Waals surface area contributed by atoms with Crippen LogP contribution in [0.2, 0.25) is 0 Å². The molecule has 0 saturated heterocycles. The van der Waals surface area contributed by atoms with E-state index in [9.17, 15) is 5.11 Å². The fraction of sp³-hybridized carbons (Fsp3) is 0.371. The number of fused-ring (bicyclic) bond motifs is 2. The summed E-state index contributed by atoms with van der Waals surface area (Å²) in [6.07, 6.45) is 15.1. The van der Waals surface area contributed by atoms with Gasteiger partial charge in [-0.1, -0.05) is 27.0 Å². The predicted molar refractivity (Wildman–Crippen MR) is 214 cm³/mol. The molecule has 270 valence electrons. The molecular formula is C35H42BBr3N8O4. The molecule has 2 unspecified atom stereocenters. The van der Waals surface area contributed by atoms with Crippen LogP contribution in [-0.2, 0) is 35.2 Å². The second kappa shape index (κ2) is 17.2. The number of hydrogen-bond acceptors (Lipinski definition) is 12. The molecule has 0 radical (unpaired) electrons. The summed E-state index contributed by atoms with van der Waals surface area (Å²) >= 11 is 9.31. The summed E-state index contributed by atoms with van der Waals surface area (Å²) in [7, 11) is 1.71. The molecule has 2 spiro atoms. The van der Waals surface area contributed by atoms with Gasteiger partial charge < -0.3 is 30.8 Å². The molecule has 51 heavy (non-hydrogen) atoms. The fourth-order valence-corrected chi connectivity index (χ4v) is 6.92. The molecule has 16 heteroatoms. The molecule has 2 aromatic carbocycles. The zero-order chi connectivity index (χ0) is 34.6. The third kappa shape index (κ3) is 9.01. The standard InChI is InChI=1S/C17H18N4O2.C16H16N4O2.2CH4.BBr3/c1-22-15-3-2-12(11-7-19-10-20-8-11)14-6-17(5-4-13(14)15)9-23-16(18)21-17;17-15-20-16(8-22-15)4-3-12-13(5-16)11(1-2-14(12)21)10-6-18-9-19-7-10;;;2-1(3)4/h2-3,7-8,10H,4-6,9H2,1H3,(H2,18,21);1-2,6-7,9,21H,3-5,8H2,(H2,17,20);2*1H4;. The molecule has 0 fully saturated rings. The average Bonchev–Trinajstić information content (AvgIpc) is 3.65. The average molecular weight is 889 g/mol. The van der Waals surface area contributed by atoms with Crippen molar-refractivity contribution in [1.82, 2.24) is 19.9 Å². The summed E-state index contributed by atoms with van der Waals surface area (Å²) in [4.78, 5) is 25.5. The van der Waals surface area contributed by atoms with E-state index in [0.717, 1.165) is 71.2 Å². The van der Waals surface area contributed by atoms with Gasteiger partial charge in [0.05, 0.1) is 7.11 Å². The molecule has 0 saturated carbocycles. The molecule has 0 amide bonds. The zero-order valence-corrected chi connectivity index (χ0v) is 31.4. The number of nitrogens with two attached hydrogens (primary N) is 2. The first kappa shape index (κ1) is 40.0. The van der Waals surface area contributed by atoms with E-state index in [2.05, 4.69) is 83.3 Å². The Balaban J connectivity index is 0.000000200. The topological polar surface area (TPSA) is 176 Å². The molecule has 4 aliphatic rings. The van der Waals surface area contributed by atoms with Crippen molar-refractivity contribution in [2.45, 2.75) is 64.5 Å². The Morgan fingerprint density at radius 2 is 1.14 bits per heavy atom. The first-order valence-corrected chi connectivity index (χ1v) is 18.3. The minimum Gasteiger partial charge on any atom is -0.508 e. The Morgan fingerprint density at radius 3 is 1.57 bits per heavy atom. The first-order valence-electron chi connectivity index (χ1n) is 15.5. The number of aliphatic imine (C=N–C) groups is 2. The Kier molecular flexibility index (Phi) is 13.5. The number of aromatic nitrogens is 4. The molecule has 12 nitrogen and oxygen atoms in total. The van der Waals surface area contributed by atoms with Crippen LogP contribution >= 0.6 is 47.3 Å². The molecule has 2 aromatic heterocycles. The van der Waals surface area contributed by atoms with Gasteiger partial charge in [-0.3, -0.25) is 0 Å². The smallest absolute Gasteiger partial charge is 0.369 e. The molecule has 2 aliphatic heterocycles. The van der Waals surface area contributed by atoms with Crippen molar-refractivity contribution in [3.05, 3.63) is 84.0 Å². The lowest BCUT2D eigenvalue weighted by molar-refractivity contribution is 0.234. The Morgan fingerprint density at radius 1 is 0.706 bits per heavy atom. The van der Waals surface area contributed by atoms with Gasteiger partial charge in [0, 0.05) is 48.8 Å². The van der Waals surface area contributed by atoms with E-state index >= 15 is 0 Å². The van der Waals surface area contributed by atoms with E-state index in [1.54, 1.807) is 25.6 Å². The number of aromatic hydroxyl groups is 1. The number of halogens is 3.